The lowest BCUT2D eigenvalue weighted by molar-refractivity contribution is 0.0756. The minimum Gasteiger partial charge on any atom is -0.486 e. The predicted molar refractivity (Wildman–Crippen MR) is 97.5 cm³/mol. The first-order valence-corrected chi connectivity index (χ1v) is 10.1. The van der Waals surface area contributed by atoms with Gasteiger partial charge in [0.15, 0.2) is 11.5 Å². The van der Waals surface area contributed by atoms with E-state index >= 15 is 0 Å². The third-order valence-electron chi connectivity index (χ3n) is 4.29. The van der Waals surface area contributed by atoms with Crippen molar-refractivity contribution in [2.45, 2.75) is 11.7 Å². The maximum absolute atomic E-state index is 13.0. The Kier molecular flexibility index (Phi) is 4.67. The molecule has 0 aliphatic carbocycles. The second-order valence-corrected chi connectivity index (χ2v) is 8.08. The quantitative estimate of drug-likeness (QED) is 0.815. The molecule has 2 aliphatic rings. The number of hydrogen-bond donors (Lipinski definition) is 0. The van der Waals surface area contributed by atoms with Crippen LogP contribution in [0.5, 0.6) is 11.5 Å². The van der Waals surface area contributed by atoms with Gasteiger partial charge in [-0.05, 0) is 30.0 Å². The maximum atomic E-state index is 13.0. The molecule has 0 radical (unpaired) electrons. The van der Waals surface area contributed by atoms with Crippen LogP contribution in [0.3, 0.4) is 0 Å². The lowest BCUT2D eigenvalue weighted by Crippen LogP contribution is -2.33. The summed E-state index contributed by atoms with van der Waals surface area (Å²) in [5.41, 5.74) is 0.617. The Balaban J connectivity index is 1.51. The third-order valence-corrected chi connectivity index (χ3v) is 6.73. The van der Waals surface area contributed by atoms with E-state index in [4.69, 9.17) is 9.47 Å². The van der Waals surface area contributed by atoms with E-state index in [0.717, 1.165) is 25.3 Å². The Morgan fingerprint density at radius 3 is 2.92 bits per heavy atom. The summed E-state index contributed by atoms with van der Waals surface area (Å²) in [5.74, 6) is 2.28. The van der Waals surface area contributed by atoms with Gasteiger partial charge in [-0.15, -0.1) is 11.3 Å². The van der Waals surface area contributed by atoms with Crippen molar-refractivity contribution in [3.05, 3.63) is 46.2 Å². The highest BCUT2D eigenvalue weighted by Gasteiger charge is 2.27. The van der Waals surface area contributed by atoms with E-state index in [1.807, 2.05) is 34.9 Å². The average molecular weight is 361 g/mol. The Morgan fingerprint density at radius 1 is 1.12 bits per heavy atom. The third kappa shape index (κ3) is 3.13. The fourth-order valence-electron chi connectivity index (χ4n) is 3.09. The molecule has 2 aliphatic heterocycles. The molecule has 1 amide bonds. The van der Waals surface area contributed by atoms with Gasteiger partial charge in [0.05, 0.1) is 5.56 Å². The molecule has 3 heterocycles. The van der Waals surface area contributed by atoms with Crippen LogP contribution >= 0.6 is 23.1 Å². The largest absolute Gasteiger partial charge is 0.486 e. The number of ether oxygens (including phenoxy) is 2. The highest BCUT2D eigenvalue weighted by atomic mass is 32.2. The summed E-state index contributed by atoms with van der Waals surface area (Å²) >= 11 is 3.75. The first kappa shape index (κ1) is 15.8. The van der Waals surface area contributed by atoms with Gasteiger partial charge in [-0.1, -0.05) is 12.1 Å². The molecular formula is C18H19NO3S2. The molecule has 0 N–H and O–H groups in total. The zero-order valence-corrected chi connectivity index (χ0v) is 14.9. The van der Waals surface area contributed by atoms with Gasteiger partial charge in [-0.2, -0.15) is 11.8 Å². The molecule has 1 aromatic carbocycles. The van der Waals surface area contributed by atoms with Crippen LogP contribution in [-0.2, 0) is 0 Å². The predicted octanol–water partition coefficient (Wildman–Crippen LogP) is 3.84. The molecule has 4 nitrogen and oxygen atoms in total. The number of nitrogens with zero attached hydrogens (tertiary/aromatic N) is 1. The number of thiophene rings is 1. The van der Waals surface area contributed by atoms with Crippen molar-refractivity contribution >= 4 is 29.0 Å². The summed E-state index contributed by atoms with van der Waals surface area (Å²) in [6, 6.07) is 9.85. The molecule has 6 heteroatoms. The van der Waals surface area contributed by atoms with Gasteiger partial charge in [0, 0.05) is 29.0 Å². The number of amides is 1. The second kappa shape index (κ2) is 7.07. The van der Waals surface area contributed by atoms with Crippen molar-refractivity contribution in [1.29, 1.82) is 0 Å². The van der Waals surface area contributed by atoms with Gasteiger partial charge in [-0.3, -0.25) is 4.79 Å². The molecule has 126 valence electrons. The average Bonchev–Trinajstić information content (AvgIpc) is 3.05. The van der Waals surface area contributed by atoms with Crippen molar-refractivity contribution in [2.75, 3.05) is 32.1 Å². The molecule has 1 fully saturated rings. The number of carbonyl (C=O) groups is 1. The smallest absolute Gasteiger partial charge is 0.257 e. The molecule has 1 atom stereocenters. The van der Waals surface area contributed by atoms with Crippen LogP contribution < -0.4 is 9.47 Å². The standard InChI is InChI=1S/C18H19NO3S2/c20-18(13-3-1-4-14-17(13)22-10-9-21-14)19-7-6-16(24-12-8-19)15-5-2-11-23-15/h1-5,11,16H,6-10,12H2. The van der Waals surface area contributed by atoms with Crippen LogP contribution in [-0.4, -0.2) is 42.9 Å². The Labute approximate surface area is 149 Å². The summed E-state index contributed by atoms with van der Waals surface area (Å²) in [7, 11) is 0. The number of fused-ring (bicyclic) bond motifs is 1. The lowest BCUT2D eigenvalue weighted by atomic mass is 10.1. The number of hydrogen-bond acceptors (Lipinski definition) is 5. The van der Waals surface area contributed by atoms with Gasteiger partial charge in [0.25, 0.3) is 5.91 Å². The molecule has 1 saturated heterocycles. The van der Waals surface area contributed by atoms with Crippen molar-refractivity contribution < 1.29 is 14.3 Å². The molecule has 2 aromatic rings. The van der Waals surface area contributed by atoms with Crippen LogP contribution in [0.25, 0.3) is 0 Å². The second-order valence-electron chi connectivity index (χ2n) is 5.79. The lowest BCUT2D eigenvalue weighted by Gasteiger charge is -2.24. The first-order valence-electron chi connectivity index (χ1n) is 8.16. The SMILES string of the molecule is O=C(c1cccc2c1OCCO2)N1CCSC(c2cccs2)CC1. The Morgan fingerprint density at radius 2 is 2.04 bits per heavy atom. The minimum atomic E-state index is 0.0461. The van der Waals surface area contributed by atoms with Gasteiger partial charge in [0.1, 0.15) is 13.2 Å². The summed E-state index contributed by atoms with van der Waals surface area (Å²) in [6.07, 6.45) is 0.989. The summed E-state index contributed by atoms with van der Waals surface area (Å²) < 4.78 is 11.3. The van der Waals surface area contributed by atoms with Crippen LogP contribution in [0.2, 0.25) is 0 Å². The highest BCUT2D eigenvalue weighted by Crippen LogP contribution is 2.38. The van der Waals surface area contributed by atoms with E-state index in [2.05, 4.69) is 17.5 Å². The van der Waals surface area contributed by atoms with Crippen LogP contribution in [0.15, 0.2) is 35.7 Å². The van der Waals surface area contributed by atoms with Crippen molar-refractivity contribution in [3.63, 3.8) is 0 Å². The molecule has 0 spiro atoms. The number of carbonyl (C=O) groups excluding carboxylic acids is 1. The van der Waals surface area contributed by atoms with E-state index in [1.54, 1.807) is 11.3 Å². The summed E-state index contributed by atoms with van der Waals surface area (Å²) in [5, 5.41) is 2.61. The zero-order valence-electron chi connectivity index (χ0n) is 13.3. The molecule has 24 heavy (non-hydrogen) atoms. The first-order chi connectivity index (χ1) is 11.8. The van der Waals surface area contributed by atoms with Gasteiger partial charge >= 0.3 is 0 Å². The van der Waals surface area contributed by atoms with E-state index in [-0.39, 0.29) is 5.91 Å². The molecule has 0 saturated carbocycles. The van der Waals surface area contributed by atoms with E-state index in [0.29, 0.717) is 35.5 Å². The molecular weight excluding hydrogens is 342 g/mol. The van der Waals surface area contributed by atoms with Gasteiger partial charge < -0.3 is 14.4 Å². The van der Waals surface area contributed by atoms with Crippen molar-refractivity contribution in [1.82, 2.24) is 4.90 Å². The van der Waals surface area contributed by atoms with Crippen molar-refractivity contribution in [3.8, 4) is 11.5 Å². The van der Waals surface area contributed by atoms with Crippen LogP contribution in [0.4, 0.5) is 0 Å². The monoisotopic (exact) mass is 361 g/mol. The zero-order chi connectivity index (χ0) is 16.4. The topological polar surface area (TPSA) is 38.8 Å². The number of thioether (sulfide) groups is 1. The Bertz CT molecular complexity index is 717. The van der Waals surface area contributed by atoms with E-state index < -0.39 is 0 Å². The molecule has 1 unspecified atom stereocenters. The number of rotatable bonds is 2. The van der Waals surface area contributed by atoms with E-state index in [9.17, 15) is 4.79 Å². The van der Waals surface area contributed by atoms with Crippen molar-refractivity contribution in [2.24, 2.45) is 0 Å². The summed E-state index contributed by atoms with van der Waals surface area (Å²) in [6.45, 7) is 2.58. The minimum absolute atomic E-state index is 0.0461. The normalized spacial score (nSPS) is 20.5. The van der Waals surface area contributed by atoms with E-state index in [1.165, 1.54) is 4.88 Å². The molecule has 4 rings (SSSR count). The van der Waals surface area contributed by atoms with Gasteiger partial charge in [0.2, 0.25) is 0 Å². The maximum Gasteiger partial charge on any atom is 0.257 e. The number of benzene rings is 1. The fraction of sp³-hybridized carbons (Fsp3) is 0.389. The highest BCUT2D eigenvalue weighted by molar-refractivity contribution is 7.99. The molecule has 0 bridgehead atoms. The molecule has 1 aromatic heterocycles. The van der Waals surface area contributed by atoms with Crippen LogP contribution in [0.1, 0.15) is 26.9 Å². The summed E-state index contributed by atoms with van der Waals surface area (Å²) in [4.78, 5) is 16.4. The number of para-hydroxylation sites is 1. The van der Waals surface area contributed by atoms with Crippen LogP contribution in [0, 0.1) is 0 Å². The Hall–Kier alpha value is -1.66. The fourth-order valence-corrected chi connectivity index (χ4v) is 5.32. The van der Waals surface area contributed by atoms with Gasteiger partial charge in [-0.25, -0.2) is 0 Å².